The molecule has 0 aliphatic rings. The molecule has 0 spiro atoms. The van der Waals surface area contributed by atoms with Crippen LogP contribution in [0, 0.1) is 5.82 Å². The Balaban J connectivity index is 1.38. The van der Waals surface area contributed by atoms with E-state index >= 15 is 4.39 Å². The van der Waals surface area contributed by atoms with Crippen LogP contribution in [0.5, 0.6) is 23.0 Å². The van der Waals surface area contributed by atoms with Crippen molar-refractivity contribution in [2.75, 3.05) is 19.5 Å². The van der Waals surface area contributed by atoms with Crippen LogP contribution in [0.3, 0.4) is 0 Å². The topological polar surface area (TPSA) is 65.5 Å². The van der Waals surface area contributed by atoms with Gasteiger partial charge in [0.2, 0.25) is 0 Å². The normalized spacial score (nSPS) is 10.7. The summed E-state index contributed by atoms with van der Waals surface area (Å²) in [6.07, 6.45) is 3.32. The van der Waals surface area contributed by atoms with Crippen LogP contribution in [0.25, 0.3) is 22.2 Å². The highest BCUT2D eigenvalue weighted by Gasteiger charge is 2.14. The number of rotatable bonds is 7. The smallest absolute Gasteiger partial charge is 0.166 e. The predicted octanol–water partition coefficient (Wildman–Crippen LogP) is 6.99. The Bertz CT molecular complexity index is 1480. The summed E-state index contributed by atoms with van der Waals surface area (Å²) in [5, 5.41) is 3.96. The van der Waals surface area contributed by atoms with E-state index in [1.165, 1.54) is 6.07 Å². The van der Waals surface area contributed by atoms with Gasteiger partial charge in [0.25, 0.3) is 0 Å². The minimum Gasteiger partial charge on any atom is -0.493 e. The molecule has 5 rings (SSSR count). The van der Waals surface area contributed by atoms with E-state index in [9.17, 15) is 0 Å². The number of nitrogens with one attached hydrogen (secondary N) is 1. The molecule has 2 heterocycles. The number of para-hydroxylation sites is 1. The molecule has 35 heavy (non-hydrogen) atoms. The van der Waals surface area contributed by atoms with Gasteiger partial charge >= 0.3 is 0 Å². The van der Waals surface area contributed by atoms with E-state index in [0.717, 1.165) is 11.4 Å². The fraction of sp³-hybridized carbons (Fsp3) is 0.0714. The maximum absolute atomic E-state index is 15.0. The Morgan fingerprint density at radius 1 is 0.714 bits per heavy atom. The van der Waals surface area contributed by atoms with Crippen molar-refractivity contribution in [1.29, 1.82) is 0 Å². The van der Waals surface area contributed by atoms with E-state index < -0.39 is 5.82 Å². The summed E-state index contributed by atoms with van der Waals surface area (Å²) in [6.45, 7) is 0. The summed E-state index contributed by atoms with van der Waals surface area (Å²) in [5.74, 6) is 1.14. The maximum atomic E-state index is 15.0. The molecule has 0 saturated heterocycles. The fourth-order valence-electron chi connectivity index (χ4n) is 3.72. The third kappa shape index (κ3) is 4.70. The highest BCUT2D eigenvalue weighted by molar-refractivity contribution is 5.88. The quantitative estimate of drug-likeness (QED) is 0.278. The van der Waals surface area contributed by atoms with Gasteiger partial charge in [-0.2, -0.15) is 0 Å². The average molecular weight is 468 g/mol. The van der Waals surface area contributed by atoms with Crippen LogP contribution in [0.1, 0.15) is 0 Å². The lowest BCUT2D eigenvalue weighted by Crippen LogP contribution is -1.95. The number of nitrogens with zero attached hydrogens (tertiary/aromatic N) is 2. The molecule has 0 unspecified atom stereocenters. The highest BCUT2D eigenvalue weighted by atomic mass is 19.1. The predicted molar refractivity (Wildman–Crippen MR) is 134 cm³/mol. The molecule has 1 N–H and O–H groups in total. The van der Waals surface area contributed by atoms with Gasteiger partial charge in [0, 0.05) is 28.9 Å². The minimum atomic E-state index is -0.499. The second-order valence-corrected chi connectivity index (χ2v) is 7.70. The van der Waals surface area contributed by atoms with Crippen LogP contribution >= 0.6 is 0 Å². The van der Waals surface area contributed by atoms with Crippen molar-refractivity contribution in [3.05, 3.63) is 97.1 Å². The number of hydrogen-bond acceptors (Lipinski definition) is 6. The van der Waals surface area contributed by atoms with Crippen LogP contribution in [0.2, 0.25) is 0 Å². The van der Waals surface area contributed by atoms with E-state index in [-0.39, 0.29) is 5.75 Å². The zero-order chi connectivity index (χ0) is 24.2. The first-order valence-corrected chi connectivity index (χ1v) is 10.9. The van der Waals surface area contributed by atoms with Crippen LogP contribution in [0.15, 0.2) is 91.3 Å². The Morgan fingerprint density at radius 3 is 2.23 bits per heavy atom. The van der Waals surface area contributed by atoms with Crippen LogP contribution in [0.4, 0.5) is 15.8 Å². The summed E-state index contributed by atoms with van der Waals surface area (Å²) in [4.78, 5) is 8.83. The zero-order valence-corrected chi connectivity index (χ0v) is 19.2. The molecule has 6 nitrogen and oxygen atoms in total. The third-order valence-electron chi connectivity index (χ3n) is 5.48. The third-order valence-corrected chi connectivity index (χ3v) is 5.48. The zero-order valence-electron chi connectivity index (χ0n) is 19.2. The summed E-state index contributed by atoms with van der Waals surface area (Å²) in [6, 6.07) is 23.5. The SMILES string of the molecule is COc1cc2nccc(Oc3ccc(-c4ccc(Nc5ccccc5)cn4)cc3F)c2cc1OC. The van der Waals surface area contributed by atoms with E-state index in [0.29, 0.717) is 39.4 Å². The van der Waals surface area contributed by atoms with Crippen molar-refractivity contribution in [1.82, 2.24) is 9.97 Å². The van der Waals surface area contributed by atoms with Gasteiger partial charge in [0.15, 0.2) is 23.1 Å². The molecule has 0 bridgehead atoms. The van der Waals surface area contributed by atoms with Crippen molar-refractivity contribution in [2.45, 2.75) is 0 Å². The first-order valence-electron chi connectivity index (χ1n) is 10.9. The summed E-state index contributed by atoms with van der Waals surface area (Å²) in [7, 11) is 3.11. The fourth-order valence-corrected chi connectivity index (χ4v) is 3.72. The van der Waals surface area contributed by atoms with E-state index in [1.54, 1.807) is 56.9 Å². The Morgan fingerprint density at radius 2 is 1.51 bits per heavy atom. The maximum Gasteiger partial charge on any atom is 0.166 e. The first kappa shape index (κ1) is 22.2. The molecule has 3 aromatic carbocycles. The molecule has 0 aliphatic carbocycles. The van der Waals surface area contributed by atoms with Gasteiger partial charge in [-0.25, -0.2) is 4.39 Å². The molecule has 0 atom stereocenters. The number of methoxy groups -OCH3 is 2. The second kappa shape index (κ2) is 9.69. The Kier molecular flexibility index (Phi) is 6.13. The standard InChI is InChI=1S/C28H22FN3O3/c1-33-27-15-21-24(16-28(27)34-2)30-13-12-25(21)35-26-11-8-18(14-22(26)29)23-10-9-20(17-31-23)32-19-6-4-3-5-7-19/h3-17,32H,1-2H3. The number of fused-ring (bicyclic) bond motifs is 1. The van der Waals surface area contributed by atoms with Gasteiger partial charge in [-0.3, -0.25) is 9.97 Å². The monoisotopic (exact) mass is 467 g/mol. The van der Waals surface area contributed by atoms with E-state index in [2.05, 4.69) is 15.3 Å². The lowest BCUT2D eigenvalue weighted by Gasteiger charge is -2.13. The molecule has 0 radical (unpaired) electrons. The lowest BCUT2D eigenvalue weighted by molar-refractivity contribution is 0.355. The van der Waals surface area contributed by atoms with E-state index in [4.69, 9.17) is 14.2 Å². The number of pyridine rings is 2. The largest absolute Gasteiger partial charge is 0.493 e. The molecule has 0 aliphatic heterocycles. The van der Waals surface area contributed by atoms with Gasteiger partial charge in [0.1, 0.15) is 5.75 Å². The van der Waals surface area contributed by atoms with Gasteiger partial charge in [-0.05, 0) is 54.6 Å². The molecule has 2 aromatic heterocycles. The van der Waals surface area contributed by atoms with Crippen molar-refractivity contribution in [2.24, 2.45) is 0 Å². The van der Waals surface area contributed by atoms with Gasteiger partial charge in [-0.15, -0.1) is 0 Å². The summed E-state index contributed by atoms with van der Waals surface area (Å²) in [5.41, 5.74) is 3.75. The van der Waals surface area contributed by atoms with E-state index in [1.807, 2.05) is 42.5 Å². The average Bonchev–Trinajstić information content (AvgIpc) is 2.90. The van der Waals surface area contributed by atoms with Crippen molar-refractivity contribution < 1.29 is 18.6 Å². The van der Waals surface area contributed by atoms with Gasteiger partial charge in [0.05, 0.1) is 37.3 Å². The molecule has 0 amide bonds. The number of halogens is 1. The molecule has 0 saturated carbocycles. The minimum absolute atomic E-state index is 0.0957. The number of aromatic nitrogens is 2. The summed E-state index contributed by atoms with van der Waals surface area (Å²) < 4.78 is 31.7. The number of hydrogen-bond donors (Lipinski definition) is 1. The lowest BCUT2D eigenvalue weighted by atomic mass is 10.1. The van der Waals surface area contributed by atoms with Gasteiger partial charge in [-0.1, -0.05) is 18.2 Å². The van der Waals surface area contributed by atoms with Crippen LogP contribution in [-0.2, 0) is 0 Å². The van der Waals surface area contributed by atoms with Gasteiger partial charge < -0.3 is 19.5 Å². The molecule has 0 fully saturated rings. The molecule has 174 valence electrons. The van der Waals surface area contributed by atoms with Crippen molar-refractivity contribution >= 4 is 22.3 Å². The van der Waals surface area contributed by atoms with Crippen molar-refractivity contribution in [3.8, 4) is 34.3 Å². The number of anilines is 2. The molecule has 7 heteroatoms. The number of ether oxygens (including phenoxy) is 3. The highest BCUT2D eigenvalue weighted by Crippen LogP contribution is 2.37. The first-order chi connectivity index (χ1) is 17.1. The van der Waals surface area contributed by atoms with Crippen molar-refractivity contribution in [3.63, 3.8) is 0 Å². The molecular formula is C28H22FN3O3. The van der Waals surface area contributed by atoms with Crippen LogP contribution in [-0.4, -0.2) is 24.2 Å². The molecular weight excluding hydrogens is 445 g/mol. The second-order valence-electron chi connectivity index (χ2n) is 7.70. The Hall–Kier alpha value is -4.65. The number of benzene rings is 3. The summed E-state index contributed by atoms with van der Waals surface area (Å²) >= 11 is 0. The van der Waals surface area contributed by atoms with Crippen LogP contribution < -0.4 is 19.5 Å². The Labute approximate surface area is 202 Å². The molecule has 5 aromatic rings.